The molecule has 0 saturated carbocycles. The van der Waals surface area contributed by atoms with Gasteiger partial charge in [0, 0.05) is 29.8 Å². The molecule has 0 unspecified atom stereocenters. The van der Waals surface area contributed by atoms with Crippen LogP contribution in [0.25, 0.3) is 22.2 Å². The Morgan fingerprint density at radius 2 is 2.00 bits per heavy atom. The van der Waals surface area contributed by atoms with E-state index in [1.807, 2.05) is 43.7 Å². The van der Waals surface area contributed by atoms with Gasteiger partial charge < -0.3 is 4.74 Å². The summed E-state index contributed by atoms with van der Waals surface area (Å²) in [5.41, 5.74) is 2.96. The zero-order valence-corrected chi connectivity index (χ0v) is 10.3. The maximum absolute atomic E-state index is 5.37. The van der Waals surface area contributed by atoms with Gasteiger partial charge in [-0.05, 0) is 12.1 Å². The van der Waals surface area contributed by atoms with Crippen LogP contribution in [0.1, 0.15) is 0 Å². The van der Waals surface area contributed by atoms with Gasteiger partial charge >= 0.3 is 0 Å². The minimum absolute atomic E-state index is 0.850. The minimum Gasteiger partial charge on any atom is -0.496 e. The number of hydrogen-bond donors (Lipinski definition) is 0. The molecule has 0 aliphatic carbocycles. The Labute approximate surface area is 105 Å². The van der Waals surface area contributed by atoms with Crippen LogP contribution in [0.4, 0.5) is 0 Å². The van der Waals surface area contributed by atoms with Crippen LogP contribution in [0.15, 0.2) is 42.7 Å². The number of methoxy groups -OCH3 is 1. The summed E-state index contributed by atoms with van der Waals surface area (Å²) >= 11 is 0. The van der Waals surface area contributed by atoms with Crippen molar-refractivity contribution in [2.45, 2.75) is 0 Å². The van der Waals surface area contributed by atoms with Crippen molar-refractivity contribution < 1.29 is 4.74 Å². The van der Waals surface area contributed by atoms with Crippen molar-refractivity contribution >= 4 is 11.0 Å². The largest absolute Gasteiger partial charge is 0.496 e. The molecular weight excluding hydrogens is 226 g/mol. The fourth-order valence-electron chi connectivity index (χ4n) is 2.07. The normalized spacial score (nSPS) is 10.8. The number of para-hydroxylation sites is 1. The Bertz CT molecular complexity index is 703. The van der Waals surface area contributed by atoms with E-state index >= 15 is 0 Å². The van der Waals surface area contributed by atoms with Crippen LogP contribution in [-0.4, -0.2) is 21.9 Å². The Kier molecular flexibility index (Phi) is 2.48. The van der Waals surface area contributed by atoms with E-state index in [1.54, 1.807) is 11.8 Å². The quantitative estimate of drug-likeness (QED) is 0.690. The molecule has 2 heterocycles. The smallest absolute Gasteiger partial charge is 0.157 e. The Balaban J connectivity index is 2.19. The average molecular weight is 239 g/mol. The molecule has 0 aliphatic rings. The van der Waals surface area contributed by atoms with E-state index in [0.717, 1.165) is 27.9 Å². The summed E-state index contributed by atoms with van der Waals surface area (Å²) in [4.78, 5) is 4.44. The number of fused-ring (bicyclic) bond motifs is 1. The van der Waals surface area contributed by atoms with Crippen molar-refractivity contribution in [2.24, 2.45) is 7.05 Å². The van der Waals surface area contributed by atoms with Gasteiger partial charge in [-0.3, -0.25) is 4.68 Å². The number of hydrogen-bond acceptors (Lipinski definition) is 3. The van der Waals surface area contributed by atoms with E-state index in [2.05, 4.69) is 16.1 Å². The summed E-state index contributed by atoms with van der Waals surface area (Å²) in [5, 5.41) is 5.22. The second-order valence-corrected chi connectivity index (χ2v) is 4.11. The number of aromatic nitrogens is 3. The Morgan fingerprint density at radius 1 is 1.17 bits per heavy atom. The number of nitrogens with zero attached hydrogens (tertiary/aromatic N) is 3. The third-order valence-electron chi connectivity index (χ3n) is 2.99. The number of benzene rings is 1. The van der Waals surface area contributed by atoms with Gasteiger partial charge in [0.15, 0.2) is 5.65 Å². The van der Waals surface area contributed by atoms with Gasteiger partial charge in [0.1, 0.15) is 5.75 Å². The lowest BCUT2D eigenvalue weighted by Crippen LogP contribution is -1.92. The first-order valence-corrected chi connectivity index (χ1v) is 5.71. The van der Waals surface area contributed by atoms with E-state index in [1.165, 1.54) is 0 Å². The third-order valence-corrected chi connectivity index (χ3v) is 2.99. The van der Waals surface area contributed by atoms with Crippen LogP contribution in [0.5, 0.6) is 5.75 Å². The van der Waals surface area contributed by atoms with Crippen molar-refractivity contribution in [3.63, 3.8) is 0 Å². The molecule has 0 fully saturated rings. The van der Waals surface area contributed by atoms with Crippen LogP contribution in [0.3, 0.4) is 0 Å². The monoisotopic (exact) mass is 239 g/mol. The van der Waals surface area contributed by atoms with Gasteiger partial charge in [-0.1, -0.05) is 18.2 Å². The van der Waals surface area contributed by atoms with E-state index in [-0.39, 0.29) is 0 Å². The predicted molar refractivity (Wildman–Crippen MR) is 70.5 cm³/mol. The molecule has 3 aromatic rings. The summed E-state index contributed by atoms with van der Waals surface area (Å²) in [7, 11) is 3.56. The highest BCUT2D eigenvalue weighted by Crippen LogP contribution is 2.30. The fourth-order valence-corrected chi connectivity index (χ4v) is 2.07. The lowest BCUT2D eigenvalue weighted by atomic mass is 10.1. The molecule has 0 aliphatic heterocycles. The number of ether oxygens (including phenoxy) is 1. The molecule has 18 heavy (non-hydrogen) atoms. The van der Waals surface area contributed by atoms with Gasteiger partial charge in [0.25, 0.3) is 0 Å². The van der Waals surface area contributed by atoms with Crippen LogP contribution in [-0.2, 0) is 7.05 Å². The molecule has 4 nitrogen and oxygen atoms in total. The Hall–Kier alpha value is -2.36. The topological polar surface area (TPSA) is 39.9 Å². The van der Waals surface area contributed by atoms with Crippen molar-refractivity contribution in [2.75, 3.05) is 7.11 Å². The van der Waals surface area contributed by atoms with Gasteiger partial charge in [-0.25, -0.2) is 4.98 Å². The van der Waals surface area contributed by atoms with Crippen molar-refractivity contribution in [1.29, 1.82) is 0 Å². The molecule has 2 aromatic heterocycles. The standard InChI is InChI=1S/C14H13N3O/c1-17-14-11(9-16-17)7-10(8-15-14)12-5-3-4-6-13(12)18-2/h3-9H,1-2H3. The Morgan fingerprint density at radius 3 is 2.83 bits per heavy atom. The van der Waals surface area contributed by atoms with Crippen LogP contribution < -0.4 is 4.74 Å². The van der Waals surface area contributed by atoms with Crippen molar-refractivity contribution in [1.82, 2.24) is 14.8 Å². The number of pyridine rings is 1. The molecular formula is C14H13N3O. The van der Waals surface area contributed by atoms with Crippen LogP contribution >= 0.6 is 0 Å². The van der Waals surface area contributed by atoms with E-state index < -0.39 is 0 Å². The highest BCUT2D eigenvalue weighted by molar-refractivity contribution is 5.82. The average Bonchev–Trinajstić information content (AvgIpc) is 2.80. The molecule has 0 spiro atoms. The molecule has 0 radical (unpaired) electrons. The van der Waals surface area contributed by atoms with Gasteiger partial charge in [-0.15, -0.1) is 0 Å². The van der Waals surface area contributed by atoms with E-state index in [9.17, 15) is 0 Å². The first-order chi connectivity index (χ1) is 8.79. The molecule has 0 N–H and O–H groups in total. The predicted octanol–water partition coefficient (Wildman–Crippen LogP) is 2.64. The molecule has 3 rings (SSSR count). The minimum atomic E-state index is 0.850. The lowest BCUT2D eigenvalue weighted by Gasteiger charge is -2.07. The second kappa shape index (κ2) is 4.14. The fraction of sp³-hybridized carbons (Fsp3) is 0.143. The molecule has 1 aromatic carbocycles. The van der Waals surface area contributed by atoms with Gasteiger partial charge in [-0.2, -0.15) is 5.10 Å². The highest BCUT2D eigenvalue weighted by Gasteiger charge is 2.07. The van der Waals surface area contributed by atoms with Crippen molar-refractivity contribution in [3.8, 4) is 16.9 Å². The number of aryl methyl sites for hydroxylation is 1. The summed E-state index contributed by atoms with van der Waals surface area (Å²) < 4.78 is 7.13. The molecule has 0 amide bonds. The SMILES string of the molecule is COc1ccccc1-c1cnc2c(cnn2C)c1. The summed E-state index contributed by atoms with van der Waals surface area (Å²) in [6, 6.07) is 10.00. The van der Waals surface area contributed by atoms with E-state index in [4.69, 9.17) is 4.74 Å². The van der Waals surface area contributed by atoms with Gasteiger partial charge in [0.2, 0.25) is 0 Å². The molecule has 4 heteroatoms. The third kappa shape index (κ3) is 1.62. The van der Waals surface area contributed by atoms with Crippen LogP contribution in [0, 0.1) is 0 Å². The van der Waals surface area contributed by atoms with E-state index in [0.29, 0.717) is 0 Å². The first-order valence-electron chi connectivity index (χ1n) is 5.71. The highest BCUT2D eigenvalue weighted by atomic mass is 16.5. The maximum atomic E-state index is 5.37. The van der Waals surface area contributed by atoms with Crippen LogP contribution in [0.2, 0.25) is 0 Å². The molecule has 0 bridgehead atoms. The molecule has 0 atom stereocenters. The second-order valence-electron chi connectivity index (χ2n) is 4.11. The van der Waals surface area contributed by atoms with Crippen molar-refractivity contribution in [3.05, 3.63) is 42.7 Å². The molecule has 0 saturated heterocycles. The lowest BCUT2D eigenvalue weighted by molar-refractivity contribution is 0.416. The maximum Gasteiger partial charge on any atom is 0.157 e. The molecule has 90 valence electrons. The zero-order chi connectivity index (χ0) is 12.5. The summed E-state index contributed by atoms with van der Waals surface area (Å²) in [6.45, 7) is 0. The van der Waals surface area contributed by atoms with Gasteiger partial charge in [0.05, 0.1) is 13.3 Å². The zero-order valence-electron chi connectivity index (χ0n) is 10.3. The first kappa shape index (κ1) is 10.8. The summed E-state index contributed by atoms with van der Waals surface area (Å²) in [6.07, 6.45) is 3.67. The summed E-state index contributed by atoms with van der Waals surface area (Å²) in [5.74, 6) is 0.850. The number of rotatable bonds is 2.